The zero-order valence-electron chi connectivity index (χ0n) is 22.6. The van der Waals surface area contributed by atoms with Crippen molar-refractivity contribution in [1.82, 2.24) is 10.2 Å². The summed E-state index contributed by atoms with van der Waals surface area (Å²) in [6, 6.07) is 6.65. The number of nitrogens with zero attached hydrogens (tertiary/aromatic N) is 2. The largest absolute Gasteiger partial charge is 0.391 e. The number of halogens is 1. The number of benzene rings is 1. The fourth-order valence-corrected chi connectivity index (χ4v) is 4.85. The minimum absolute atomic E-state index is 0.0135. The maximum absolute atomic E-state index is 13.0. The van der Waals surface area contributed by atoms with Crippen molar-refractivity contribution in [3.63, 3.8) is 0 Å². The summed E-state index contributed by atoms with van der Waals surface area (Å²) >= 11 is 6.33. The van der Waals surface area contributed by atoms with Crippen LogP contribution in [0.15, 0.2) is 24.3 Å². The molecule has 0 aliphatic carbocycles. The molecule has 1 aromatic rings. The number of carbonyl (C=O) groups is 2. The Hall–Kier alpha value is -1.71. The summed E-state index contributed by atoms with van der Waals surface area (Å²) < 4.78 is 0. The first-order valence-corrected chi connectivity index (χ1v) is 13.4. The molecule has 204 valence electrons. The molecule has 0 spiro atoms. The van der Waals surface area contributed by atoms with Gasteiger partial charge in [-0.2, -0.15) is 0 Å². The molecule has 5 N–H and O–H groups in total. The van der Waals surface area contributed by atoms with Gasteiger partial charge in [-0.1, -0.05) is 51.4 Å². The van der Waals surface area contributed by atoms with Gasteiger partial charge in [-0.05, 0) is 51.2 Å². The summed E-state index contributed by atoms with van der Waals surface area (Å²) in [6.07, 6.45) is 0.367. The third-order valence-electron chi connectivity index (χ3n) is 7.64. The number of nitrogens with one attached hydrogen (secondary N) is 1. The van der Waals surface area contributed by atoms with Gasteiger partial charge in [0.2, 0.25) is 11.8 Å². The Morgan fingerprint density at radius 2 is 1.86 bits per heavy atom. The van der Waals surface area contributed by atoms with Gasteiger partial charge in [-0.15, -0.1) is 0 Å². The molecule has 36 heavy (non-hydrogen) atoms. The fourth-order valence-electron chi connectivity index (χ4n) is 4.62. The van der Waals surface area contributed by atoms with Crippen molar-refractivity contribution in [2.75, 3.05) is 31.1 Å². The van der Waals surface area contributed by atoms with Crippen molar-refractivity contribution < 1.29 is 19.8 Å². The van der Waals surface area contributed by atoms with Gasteiger partial charge in [0.05, 0.1) is 29.0 Å². The number of aliphatic hydroxyl groups excluding tert-OH is 1. The Balaban J connectivity index is 2.02. The van der Waals surface area contributed by atoms with E-state index in [1.54, 1.807) is 11.0 Å². The van der Waals surface area contributed by atoms with Crippen molar-refractivity contribution >= 4 is 29.1 Å². The molecule has 2 rings (SSSR count). The summed E-state index contributed by atoms with van der Waals surface area (Å²) in [5.41, 5.74) is 5.76. The van der Waals surface area contributed by atoms with Gasteiger partial charge in [0.1, 0.15) is 0 Å². The smallest absolute Gasteiger partial charge is 0.241 e. The van der Waals surface area contributed by atoms with E-state index in [0.717, 1.165) is 0 Å². The standard InChI is InChI=1S/C27H45ClN4O4/c1-7-27(36,8-2)16-30-25(35)19(18(3)4)13-23(33)21(29)14-31-15-24(34)32(17-26(31,5)6)22-12-10-9-11-20(22)28/h9-12,18-19,21,23,33,36H,7-8,13-17,29H2,1-6H3,(H,30,35)/t19-,21-,23-/m0/s1. The molecule has 1 aliphatic rings. The van der Waals surface area contributed by atoms with E-state index < -0.39 is 29.2 Å². The summed E-state index contributed by atoms with van der Waals surface area (Å²) in [5, 5.41) is 24.8. The molecule has 1 aliphatic heterocycles. The minimum atomic E-state index is -0.934. The van der Waals surface area contributed by atoms with Gasteiger partial charge >= 0.3 is 0 Å². The second kappa shape index (κ2) is 12.7. The van der Waals surface area contributed by atoms with E-state index in [0.29, 0.717) is 36.6 Å². The predicted molar refractivity (Wildman–Crippen MR) is 145 cm³/mol. The molecule has 1 saturated heterocycles. The van der Waals surface area contributed by atoms with Crippen molar-refractivity contribution in [3.8, 4) is 0 Å². The average Bonchev–Trinajstić information content (AvgIpc) is 2.83. The highest BCUT2D eigenvalue weighted by molar-refractivity contribution is 6.33. The quantitative estimate of drug-likeness (QED) is 0.334. The first-order chi connectivity index (χ1) is 16.7. The van der Waals surface area contributed by atoms with Crippen LogP contribution in [0.5, 0.6) is 0 Å². The highest BCUT2D eigenvalue weighted by Crippen LogP contribution is 2.31. The lowest BCUT2D eigenvalue weighted by Crippen LogP contribution is -2.64. The highest BCUT2D eigenvalue weighted by atomic mass is 35.5. The number of amides is 2. The lowest BCUT2D eigenvalue weighted by Gasteiger charge is -2.47. The zero-order chi connectivity index (χ0) is 27.3. The second-order valence-electron chi connectivity index (χ2n) is 11.1. The molecular weight excluding hydrogens is 480 g/mol. The van der Waals surface area contributed by atoms with Crippen LogP contribution in [0.2, 0.25) is 5.02 Å². The van der Waals surface area contributed by atoms with E-state index in [2.05, 4.69) is 5.32 Å². The number of nitrogens with two attached hydrogens (primary N) is 1. The van der Waals surface area contributed by atoms with E-state index in [-0.39, 0.29) is 37.2 Å². The van der Waals surface area contributed by atoms with Crippen LogP contribution in [0.1, 0.15) is 60.8 Å². The van der Waals surface area contributed by atoms with Crippen LogP contribution in [0.3, 0.4) is 0 Å². The first kappa shape index (κ1) is 30.5. The normalized spacial score (nSPS) is 19.3. The summed E-state index contributed by atoms with van der Waals surface area (Å²) in [7, 11) is 0. The van der Waals surface area contributed by atoms with Gasteiger partial charge in [0, 0.05) is 37.1 Å². The van der Waals surface area contributed by atoms with Crippen LogP contribution in [-0.2, 0) is 9.59 Å². The lowest BCUT2D eigenvalue weighted by molar-refractivity contribution is -0.129. The topological polar surface area (TPSA) is 119 Å². The maximum atomic E-state index is 13.0. The molecule has 3 atom stereocenters. The molecule has 0 bridgehead atoms. The molecule has 0 radical (unpaired) electrons. The van der Waals surface area contributed by atoms with Crippen LogP contribution < -0.4 is 16.0 Å². The lowest BCUT2D eigenvalue weighted by atomic mass is 9.86. The summed E-state index contributed by atoms with van der Waals surface area (Å²) in [5.74, 6) is -0.737. The fraction of sp³-hybridized carbons (Fsp3) is 0.704. The van der Waals surface area contributed by atoms with Gasteiger partial charge in [0.25, 0.3) is 0 Å². The second-order valence-corrected chi connectivity index (χ2v) is 11.5. The van der Waals surface area contributed by atoms with Crippen LogP contribution in [-0.4, -0.2) is 76.4 Å². The Morgan fingerprint density at radius 3 is 2.42 bits per heavy atom. The van der Waals surface area contributed by atoms with Crippen LogP contribution in [0, 0.1) is 11.8 Å². The van der Waals surface area contributed by atoms with Gasteiger partial charge < -0.3 is 26.2 Å². The van der Waals surface area contributed by atoms with Crippen LogP contribution >= 0.6 is 11.6 Å². The van der Waals surface area contributed by atoms with Crippen molar-refractivity contribution in [3.05, 3.63) is 29.3 Å². The predicted octanol–water partition coefficient (Wildman–Crippen LogP) is 2.79. The molecule has 0 unspecified atom stereocenters. The van der Waals surface area contributed by atoms with Gasteiger partial charge in [-0.25, -0.2) is 0 Å². The summed E-state index contributed by atoms with van der Waals surface area (Å²) in [4.78, 5) is 29.6. The number of hydrogen-bond donors (Lipinski definition) is 4. The number of piperazine rings is 1. The Labute approximate surface area is 221 Å². The Kier molecular flexibility index (Phi) is 10.8. The molecule has 0 saturated carbocycles. The number of para-hydroxylation sites is 1. The number of hydrogen-bond acceptors (Lipinski definition) is 6. The number of aliphatic hydroxyl groups is 2. The average molecular weight is 525 g/mol. The van der Waals surface area contributed by atoms with Crippen LogP contribution in [0.25, 0.3) is 0 Å². The molecule has 1 aromatic carbocycles. The Bertz CT molecular complexity index is 890. The maximum Gasteiger partial charge on any atom is 0.241 e. The van der Waals surface area contributed by atoms with Crippen molar-refractivity contribution in [1.29, 1.82) is 0 Å². The SMILES string of the molecule is CCC(O)(CC)CNC(=O)[C@@H](C[C@H](O)[C@@H](N)CN1CC(=O)N(c2ccccc2Cl)CC1(C)C)C(C)C. The monoisotopic (exact) mass is 524 g/mol. The first-order valence-electron chi connectivity index (χ1n) is 13.0. The summed E-state index contributed by atoms with van der Waals surface area (Å²) in [6.45, 7) is 12.8. The molecule has 9 heteroatoms. The minimum Gasteiger partial charge on any atom is -0.391 e. The third kappa shape index (κ3) is 7.65. The van der Waals surface area contributed by atoms with Crippen LogP contribution in [0.4, 0.5) is 5.69 Å². The van der Waals surface area contributed by atoms with Crippen molar-refractivity contribution in [2.24, 2.45) is 17.6 Å². The van der Waals surface area contributed by atoms with E-state index in [4.69, 9.17) is 17.3 Å². The van der Waals surface area contributed by atoms with Crippen molar-refractivity contribution in [2.45, 2.75) is 84.1 Å². The van der Waals surface area contributed by atoms with Gasteiger partial charge in [-0.3, -0.25) is 14.5 Å². The molecule has 0 aromatic heterocycles. The van der Waals surface area contributed by atoms with E-state index in [9.17, 15) is 19.8 Å². The molecular formula is C27H45ClN4O4. The number of anilines is 1. The number of carbonyl (C=O) groups excluding carboxylic acids is 2. The third-order valence-corrected chi connectivity index (χ3v) is 7.96. The molecule has 1 heterocycles. The van der Waals surface area contributed by atoms with E-state index >= 15 is 0 Å². The van der Waals surface area contributed by atoms with E-state index in [1.165, 1.54) is 0 Å². The number of rotatable bonds is 12. The molecule has 2 amide bonds. The molecule has 1 fully saturated rings. The zero-order valence-corrected chi connectivity index (χ0v) is 23.4. The van der Waals surface area contributed by atoms with Gasteiger partial charge in [0.15, 0.2) is 0 Å². The Morgan fingerprint density at radius 1 is 1.25 bits per heavy atom. The molecule has 8 nitrogen and oxygen atoms in total. The van der Waals surface area contributed by atoms with E-state index in [1.807, 2.05) is 64.6 Å². The highest BCUT2D eigenvalue weighted by Gasteiger charge is 2.40.